The Balaban J connectivity index is 0.000000956. The second-order valence-electron chi connectivity index (χ2n) is 4.87. The van der Waals surface area contributed by atoms with Gasteiger partial charge in [-0.15, -0.1) is 0 Å². The van der Waals surface area contributed by atoms with Crippen molar-refractivity contribution in [2.45, 2.75) is 40.3 Å². The molecular weight excluding hydrogens is 260 g/mol. The van der Waals surface area contributed by atoms with Crippen molar-refractivity contribution in [3.8, 4) is 0 Å². The Morgan fingerprint density at radius 2 is 1.80 bits per heavy atom. The van der Waals surface area contributed by atoms with E-state index in [-0.39, 0.29) is 11.7 Å². The van der Waals surface area contributed by atoms with E-state index in [9.17, 15) is 8.78 Å². The smallest absolute Gasteiger partial charge is 0.130 e. The number of hydrogen-bond donors (Lipinski definition) is 0. The summed E-state index contributed by atoms with van der Waals surface area (Å²) in [5, 5.41) is 0. The zero-order valence-corrected chi connectivity index (χ0v) is 12.8. The summed E-state index contributed by atoms with van der Waals surface area (Å²) in [5.41, 5.74) is 0.154. The molecule has 0 bridgehead atoms. The van der Waals surface area contributed by atoms with Crippen molar-refractivity contribution in [2.24, 2.45) is 5.92 Å². The van der Waals surface area contributed by atoms with E-state index in [4.69, 9.17) is 4.74 Å². The molecule has 1 saturated heterocycles. The van der Waals surface area contributed by atoms with Gasteiger partial charge in [0.2, 0.25) is 0 Å². The number of rotatable bonds is 4. The second kappa shape index (κ2) is 8.32. The molecule has 1 aliphatic rings. The summed E-state index contributed by atoms with van der Waals surface area (Å²) in [6, 6.07) is 4.00. The normalized spacial score (nSPS) is 22.5. The highest BCUT2D eigenvalue weighted by Gasteiger charge is 2.30. The summed E-state index contributed by atoms with van der Waals surface area (Å²) in [5.74, 6) is -0.537. The third-order valence-electron chi connectivity index (χ3n) is 3.44. The SMILES string of the molecule is CC.CCOC1CN(Cc2c(F)cccc2F)CC1C. The van der Waals surface area contributed by atoms with Gasteiger partial charge >= 0.3 is 0 Å². The van der Waals surface area contributed by atoms with Gasteiger partial charge in [0, 0.05) is 31.8 Å². The van der Waals surface area contributed by atoms with E-state index in [1.54, 1.807) is 0 Å². The lowest BCUT2D eigenvalue weighted by Crippen LogP contribution is -2.24. The molecule has 0 aromatic heterocycles. The molecule has 2 unspecified atom stereocenters. The quantitative estimate of drug-likeness (QED) is 0.833. The van der Waals surface area contributed by atoms with Gasteiger partial charge in [0.05, 0.1) is 6.10 Å². The summed E-state index contributed by atoms with van der Waals surface area (Å²) >= 11 is 0. The molecule has 0 radical (unpaired) electrons. The fourth-order valence-electron chi connectivity index (χ4n) is 2.50. The molecule has 2 rings (SSSR count). The Kier molecular flexibility index (Phi) is 7.10. The molecule has 20 heavy (non-hydrogen) atoms. The van der Waals surface area contributed by atoms with Gasteiger partial charge in [0.15, 0.2) is 0 Å². The summed E-state index contributed by atoms with van der Waals surface area (Å²) in [7, 11) is 0. The van der Waals surface area contributed by atoms with Crippen LogP contribution in [0, 0.1) is 17.6 Å². The van der Waals surface area contributed by atoms with Crippen LogP contribution in [-0.2, 0) is 11.3 Å². The number of likely N-dealkylation sites (tertiary alicyclic amines) is 1. The minimum absolute atomic E-state index is 0.154. The molecule has 1 aromatic rings. The average Bonchev–Trinajstić information content (AvgIpc) is 2.78. The predicted octanol–water partition coefficient (Wildman–Crippen LogP) is 3.85. The molecule has 1 fully saturated rings. The maximum absolute atomic E-state index is 13.5. The van der Waals surface area contributed by atoms with Gasteiger partial charge in [-0.1, -0.05) is 26.8 Å². The van der Waals surface area contributed by atoms with E-state index >= 15 is 0 Å². The molecule has 0 saturated carbocycles. The Labute approximate surface area is 120 Å². The lowest BCUT2D eigenvalue weighted by Gasteiger charge is -2.16. The minimum atomic E-state index is -0.470. The maximum Gasteiger partial charge on any atom is 0.130 e. The van der Waals surface area contributed by atoms with Crippen molar-refractivity contribution in [1.82, 2.24) is 4.90 Å². The van der Waals surface area contributed by atoms with Crippen LogP contribution in [0.4, 0.5) is 8.78 Å². The fraction of sp³-hybridized carbons (Fsp3) is 0.625. The Morgan fingerprint density at radius 1 is 1.20 bits per heavy atom. The number of ether oxygens (including phenoxy) is 1. The number of halogens is 2. The first-order valence-electron chi connectivity index (χ1n) is 7.38. The zero-order chi connectivity index (χ0) is 15.1. The molecule has 1 aromatic carbocycles. The van der Waals surface area contributed by atoms with E-state index < -0.39 is 11.6 Å². The van der Waals surface area contributed by atoms with Crippen LogP contribution < -0.4 is 0 Å². The van der Waals surface area contributed by atoms with Crippen LogP contribution in [0.3, 0.4) is 0 Å². The standard InChI is InChI=1S/C14H19F2NO.C2H6/c1-3-18-14-9-17(7-10(14)2)8-11-12(15)5-4-6-13(11)16;1-2/h4-6,10,14H,3,7-9H2,1-2H3;1-2H3. The topological polar surface area (TPSA) is 12.5 Å². The van der Waals surface area contributed by atoms with Gasteiger partial charge in [0.1, 0.15) is 11.6 Å². The minimum Gasteiger partial charge on any atom is -0.377 e. The average molecular weight is 285 g/mol. The molecule has 2 nitrogen and oxygen atoms in total. The predicted molar refractivity (Wildman–Crippen MR) is 77.6 cm³/mol. The highest BCUT2D eigenvalue weighted by Crippen LogP contribution is 2.23. The van der Waals surface area contributed by atoms with Crippen LogP contribution >= 0.6 is 0 Å². The van der Waals surface area contributed by atoms with Gasteiger partial charge < -0.3 is 4.74 Å². The van der Waals surface area contributed by atoms with Gasteiger partial charge in [-0.2, -0.15) is 0 Å². The second-order valence-corrected chi connectivity index (χ2v) is 4.87. The van der Waals surface area contributed by atoms with E-state index in [0.29, 0.717) is 19.1 Å². The number of benzene rings is 1. The lowest BCUT2D eigenvalue weighted by molar-refractivity contribution is 0.0468. The summed E-state index contributed by atoms with van der Waals surface area (Å²) < 4.78 is 32.7. The van der Waals surface area contributed by atoms with Gasteiger partial charge in [0.25, 0.3) is 0 Å². The number of nitrogens with zero attached hydrogens (tertiary/aromatic N) is 1. The monoisotopic (exact) mass is 285 g/mol. The van der Waals surface area contributed by atoms with Gasteiger partial charge in [-0.3, -0.25) is 4.90 Å². The summed E-state index contributed by atoms with van der Waals surface area (Å²) in [6.07, 6.45) is 0.171. The van der Waals surface area contributed by atoms with E-state index in [0.717, 1.165) is 13.1 Å². The first-order chi connectivity index (χ1) is 9.61. The molecule has 0 aliphatic carbocycles. The van der Waals surface area contributed by atoms with Crippen LogP contribution in [0.1, 0.15) is 33.3 Å². The Hall–Kier alpha value is -1.00. The van der Waals surface area contributed by atoms with Crippen LogP contribution in [-0.4, -0.2) is 30.7 Å². The van der Waals surface area contributed by atoms with Crippen molar-refractivity contribution in [2.75, 3.05) is 19.7 Å². The van der Waals surface area contributed by atoms with E-state index in [1.807, 2.05) is 25.7 Å². The van der Waals surface area contributed by atoms with Gasteiger partial charge in [-0.25, -0.2) is 8.78 Å². The lowest BCUT2D eigenvalue weighted by atomic mass is 10.1. The Morgan fingerprint density at radius 3 is 2.35 bits per heavy atom. The summed E-state index contributed by atoms with van der Waals surface area (Å²) in [4.78, 5) is 2.05. The molecule has 0 spiro atoms. The highest BCUT2D eigenvalue weighted by molar-refractivity contribution is 5.19. The molecule has 2 atom stereocenters. The van der Waals surface area contributed by atoms with Crippen molar-refractivity contribution in [3.63, 3.8) is 0 Å². The van der Waals surface area contributed by atoms with Crippen LogP contribution in [0.5, 0.6) is 0 Å². The largest absolute Gasteiger partial charge is 0.377 e. The third-order valence-corrected chi connectivity index (χ3v) is 3.44. The first kappa shape index (κ1) is 17.1. The third kappa shape index (κ3) is 4.25. The molecule has 1 heterocycles. The summed E-state index contributed by atoms with van der Waals surface area (Å²) in [6.45, 7) is 10.6. The van der Waals surface area contributed by atoms with Crippen LogP contribution in [0.15, 0.2) is 18.2 Å². The molecule has 4 heteroatoms. The van der Waals surface area contributed by atoms with Crippen LogP contribution in [0.25, 0.3) is 0 Å². The first-order valence-corrected chi connectivity index (χ1v) is 7.38. The van der Waals surface area contributed by atoms with Gasteiger partial charge in [-0.05, 0) is 25.0 Å². The molecule has 0 N–H and O–H groups in total. The van der Waals surface area contributed by atoms with Crippen molar-refractivity contribution >= 4 is 0 Å². The van der Waals surface area contributed by atoms with E-state index in [2.05, 4.69) is 6.92 Å². The molecular formula is C16H25F2NO. The van der Waals surface area contributed by atoms with Crippen LogP contribution in [0.2, 0.25) is 0 Å². The zero-order valence-electron chi connectivity index (χ0n) is 12.8. The molecule has 0 amide bonds. The molecule has 1 aliphatic heterocycles. The maximum atomic E-state index is 13.5. The molecule has 114 valence electrons. The Bertz CT molecular complexity index is 391. The van der Waals surface area contributed by atoms with Crippen molar-refractivity contribution < 1.29 is 13.5 Å². The van der Waals surface area contributed by atoms with Crippen molar-refractivity contribution in [3.05, 3.63) is 35.4 Å². The van der Waals surface area contributed by atoms with E-state index in [1.165, 1.54) is 18.2 Å². The van der Waals surface area contributed by atoms with Crippen molar-refractivity contribution in [1.29, 1.82) is 0 Å². The highest BCUT2D eigenvalue weighted by atomic mass is 19.1. The number of hydrogen-bond acceptors (Lipinski definition) is 2. The fourth-order valence-corrected chi connectivity index (χ4v) is 2.50.